The Kier molecular flexibility index (Phi) is 8.05. The fraction of sp³-hybridized carbons (Fsp3) is 0.346. The van der Waals surface area contributed by atoms with Gasteiger partial charge in [-0.3, -0.25) is 9.59 Å². The van der Waals surface area contributed by atoms with Crippen LogP contribution in [0, 0.1) is 0 Å². The van der Waals surface area contributed by atoms with E-state index in [1.807, 2.05) is 53.4 Å². The van der Waals surface area contributed by atoms with Crippen molar-refractivity contribution in [1.29, 1.82) is 0 Å². The number of nitrogens with two attached hydrogens (primary N) is 1. The minimum absolute atomic E-state index is 0.0261. The molecule has 2 atom stereocenters. The Morgan fingerprint density at radius 2 is 1.89 bits per heavy atom. The molecule has 0 spiro atoms. The number of hydrogen-bond donors (Lipinski definition) is 1. The summed E-state index contributed by atoms with van der Waals surface area (Å²) in [5.41, 5.74) is 8.41. The summed E-state index contributed by atoms with van der Waals surface area (Å²) in [5, 5.41) is 4.83. The molecule has 1 aliphatic rings. The molecule has 1 aromatic heterocycles. The molecule has 4 rings (SSSR count). The highest BCUT2D eigenvalue weighted by Gasteiger charge is 2.32. The van der Waals surface area contributed by atoms with E-state index in [0.717, 1.165) is 29.7 Å². The number of hydrogen-bond acceptors (Lipinski definition) is 7. The third kappa shape index (κ3) is 6.41. The largest absolute Gasteiger partial charge is 0.489 e. The highest BCUT2D eigenvalue weighted by molar-refractivity contribution is 6.30. The monoisotopic (exact) mass is 497 g/mol. The first-order valence-corrected chi connectivity index (χ1v) is 11.9. The fourth-order valence-corrected chi connectivity index (χ4v) is 4.26. The molecule has 0 bridgehead atoms. The van der Waals surface area contributed by atoms with Gasteiger partial charge < -0.3 is 24.6 Å². The highest BCUT2D eigenvalue weighted by Crippen LogP contribution is 2.32. The number of carbonyl (C=O) groups excluding carboxylic acids is 2. The molecular weight excluding hydrogens is 470 g/mol. The molecule has 184 valence electrons. The van der Waals surface area contributed by atoms with Crippen LogP contribution in [0.25, 0.3) is 0 Å². The lowest BCUT2D eigenvalue weighted by atomic mass is 10.1. The Labute approximate surface area is 208 Å². The van der Waals surface area contributed by atoms with Gasteiger partial charge >= 0.3 is 5.97 Å². The molecule has 0 radical (unpaired) electrons. The van der Waals surface area contributed by atoms with E-state index in [4.69, 9.17) is 26.6 Å². The van der Waals surface area contributed by atoms with E-state index < -0.39 is 12.0 Å². The number of rotatable bonds is 9. The minimum Gasteiger partial charge on any atom is -0.489 e. The van der Waals surface area contributed by atoms with Crippen molar-refractivity contribution in [1.82, 2.24) is 10.1 Å². The van der Waals surface area contributed by atoms with Crippen molar-refractivity contribution in [2.24, 2.45) is 5.73 Å². The lowest BCUT2D eigenvalue weighted by Crippen LogP contribution is -2.33. The average molecular weight is 498 g/mol. The molecule has 0 aliphatic carbocycles. The van der Waals surface area contributed by atoms with Crippen LogP contribution in [0.3, 0.4) is 0 Å². The predicted octanol–water partition coefficient (Wildman–Crippen LogP) is 3.86. The summed E-state index contributed by atoms with van der Waals surface area (Å²) in [6.07, 6.45) is 2.16. The van der Waals surface area contributed by atoms with Crippen molar-refractivity contribution >= 4 is 23.5 Å². The summed E-state index contributed by atoms with van der Waals surface area (Å²) in [5.74, 6) is 0.738. The lowest BCUT2D eigenvalue weighted by Gasteiger charge is -2.23. The maximum absolute atomic E-state index is 13.1. The van der Waals surface area contributed by atoms with E-state index in [9.17, 15) is 9.59 Å². The molecule has 1 amide bonds. The quantitative estimate of drug-likeness (QED) is 0.447. The number of carbonyl (C=O) groups is 2. The molecule has 35 heavy (non-hydrogen) atoms. The first-order valence-electron chi connectivity index (χ1n) is 11.5. The van der Waals surface area contributed by atoms with Crippen molar-refractivity contribution in [3.63, 3.8) is 0 Å². The second-order valence-electron chi connectivity index (χ2n) is 8.53. The summed E-state index contributed by atoms with van der Waals surface area (Å²) in [6.45, 7) is 1.10. The normalized spacial score (nSPS) is 16.2. The predicted molar refractivity (Wildman–Crippen MR) is 130 cm³/mol. The molecule has 9 heteroatoms. The molecule has 2 heterocycles. The zero-order valence-corrected chi connectivity index (χ0v) is 20.2. The standard InChI is InChI=1S/C26H28ClN3O5/c1-33-26(32)22(28)14-21-15-23(29-35-21)24-3-2-12-30(24)25(31)13-17-6-10-20(11-7-17)34-16-18-4-8-19(27)9-5-18/h4-11,15,22,24H,2-3,12-14,16,28H2,1H3/t22-,24+/m1/s1. The van der Waals surface area contributed by atoms with Crippen molar-refractivity contribution < 1.29 is 23.6 Å². The third-order valence-electron chi connectivity index (χ3n) is 6.01. The first kappa shape index (κ1) is 24.8. The number of esters is 1. The van der Waals surface area contributed by atoms with Gasteiger partial charge in [0.15, 0.2) is 0 Å². The fourth-order valence-electron chi connectivity index (χ4n) is 4.13. The van der Waals surface area contributed by atoms with Gasteiger partial charge in [0.05, 0.1) is 19.6 Å². The molecule has 8 nitrogen and oxygen atoms in total. The molecule has 2 aromatic carbocycles. The van der Waals surface area contributed by atoms with E-state index in [-0.39, 0.29) is 24.8 Å². The Morgan fingerprint density at radius 3 is 2.60 bits per heavy atom. The van der Waals surface area contributed by atoms with Gasteiger partial charge in [0.1, 0.15) is 29.9 Å². The van der Waals surface area contributed by atoms with Crippen LogP contribution >= 0.6 is 11.6 Å². The van der Waals surface area contributed by atoms with Crippen molar-refractivity contribution in [2.75, 3.05) is 13.7 Å². The van der Waals surface area contributed by atoms with Crippen LogP contribution in [0.15, 0.2) is 59.1 Å². The van der Waals surface area contributed by atoms with Crippen LogP contribution < -0.4 is 10.5 Å². The van der Waals surface area contributed by atoms with Gasteiger partial charge in [0.2, 0.25) is 5.91 Å². The van der Waals surface area contributed by atoms with Crippen LogP contribution in [0.5, 0.6) is 5.75 Å². The maximum atomic E-state index is 13.1. The number of benzene rings is 2. The van der Waals surface area contributed by atoms with Gasteiger partial charge in [-0.15, -0.1) is 0 Å². The van der Waals surface area contributed by atoms with E-state index >= 15 is 0 Å². The number of ether oxygens (including phenoxy) is 2. The Balaban J connectivity index is 1.32. The van der Waals surface area contributed by atoms with Gasteiger partial charge in [-0.2, -0.15) is 0 Å². The number of likely N-dealkylation sites (tertiary alicyclic amines) is 1. The van der Waals surface area contributed by atoms with Crippen LogP contribution in [0.4, 0.5) is 0 Å². The smallest absolute Gasteiger partial charge is 0.323 e. The summed E-state index contributed by atoms with van der Waals surface area (Å²) in [7, 11) is 1.29. The van der Waals surface area contributed by atoms with Crippen molar-refractivity contribution in [3.8, 4) is 5.75 Å². The molecule has 1 aliphatic heterocycles. The molecule has 0 unspecified atom stereocenters. The zero-order chi connectivity index (χ0) is 24.8. The Morgan fingerprint density at radius 1 is 1.17 bits per heavy atom. The van der Waals surface area contributed by atoms with Crippen LogP contribution in [-0.2, 0) is 33.8 Å². The Hall–Kier alpha value is -3.36. The number of aromatic nitrogens is 1. The van der Waals surface area contributed by atoms with Crippen LogP contribution in [-0.4, -0.2) is 41.6 Å². The van der Waals surface area contributed by atoms with Gasteiger partial charge in [-0.05, 0) is 48.2 Å². The molecule has 2 N–H and O–H groups in total. The first-order chi connectivity index (χ1) is 16.9. The van der Waals surface area contributed by atoms with E-state index in [1.165, 1.54) is 7.11 Å². The lowest BCUT2D eigenvalue weighted by molar-refractivity contribution is -0.142. The van der Waals surface area contributed by atoms with Gasteiger partial charge in [-0.1, -0.05) is 41.0 Å². The third-order valence-corrected chi connectivity index (χ3v) is 6.27. The summed E-state index contributed by atoms with van der Waals surface area (Å²) in [4.78, 5) is 26.5. The van der Waals surface area contributed by atoms with Crippen molar-refractivity contribution in [3.05, 3.63) is 82.2 Å². The van der Waals surface area contributed by atoms with Crippen molar-refractivity contribution in [2.45, 2.75) is 44.4 Å². The molecule has 1 saturated heterocycles. The molecular formula is C26H28ClN3O5. The maximum Gasteiger partial charge on any atom is 0.323 e. The second kappa shape index (κ2) is 11.4. The topological polar surface area (TPSA) is 108 Å². The van der Waals surface area contributed by atoms with E-state index in [0.29, 0.717) is 29.6 Å². The van der Waals surface area contributed by atoms with E-state index in [1.54, 1.807) is 6.07 Å². The van der Waals surface area contributed by atoms with Gasteiger partial charge in [0, 0.05) is 24.1 Å². The Bertz CT molecular complexity index is 1150. The van der Waals surface area contributed by atoms with E-state index in [2.05, 4.69) is 9.89 Å². The molecule has 3 aromatic rings. The summed E-state index contributed by atoms with van der Waals surface area (Å²) >= 11 is 5.91. The number of halogens is 1. The number of methoxy groups -OCH3 is 1. The number of nitrogens with zero attached hydrogens (tertiary/aromatic N) is 2. The zero-order valence-electron chi connectivity index (χ0n) is 19.5. The summed E-state index contributed by atoms with van der Waals surface area (Å²) in [6, 6.07) is 15.9. The van der Waals surface area contributed by atoms with Crippen LogP contribution in [0.1, 0.15) is 41.5 Å². The molecule has 1 fully saturated rings. The average Bonchev–Trinajstić information content (AvgIpc) is 3.53. The van der Waals surface area contributed by atoms with Crippen LogP contribution in [0.2, 0.25) is 5.02 Å². The minimum atomic E-state index is -0.819. The van der Waals surface area contributed by atoms with Gasteiger partial charge in [-0.25, -0.2) is 0 Å². The number of amides is 1. The second-order valence-corrected chi connectivity index (χ2v) is 8.97. The molecule has 0 saturated carbocycles. The summed E-state index contributed by atoms with van der Waals surface area (Å²) < 4.78 is 15.8. The van der Waals surface area contributed by atoms with Gasteiger partial charge in [0.25, 0.3) is 0 Å². The highest BCUT2D eigenvalue weighted by atomic mass is 35.5. The SMILES string of the molecule is COC(=O)[C@H](N)Cc1cc([C@@H]2CCCN2C(=O)Cc2ccc(OCc3ccc(Cl)cc3)cc2)no1.